The smallest absolute Gasteiger partial charge is 0.255 e. The summed E-state index contributed by atoms with van der Waals surface area (Å²) in [6, 6.07) is 0. The molecule has 0 amide bonds. The minimum atomic E-state index is -0.604. The lowest BCUT2D eigenvalue weighted by Crippen LogP contribution is -2.12. The lowest BCUT2D eigenvalue weighted by Gasteiger charge is -2.12. The maximum atomic E-state index is 13.7. The van der Waals surface area contributed by atoms with Gasteiger partial charge in [-0.2, -0.15) is 14.5 Å². The van der Waals surface area contributed by atoms with Gasteiger partial charge in [0.05, 0.1) is 36.5 Å². The molecule has 2 aromatic heterocycles. The fourth-order valence-corrected chi connectivity index (χ4v) is 2.51. The Morgan fingerprint density at radius 2 is 2.32 bits per heavy atom. The number of nitrogens with zero attached hydrogens (tertiary/aromatic N) is 3. The summed E-state index contributed by atoms with van der Waals surface area (Å²) in [5.74, 6) is -0.211. The first kappa shape index (κ1) is 14.7. The van der Waals surface area contributed by atoms with Crippen molar-refractivity contribution in [2.75, 3.05) is 11.9 Å². The van der Waals surface area contributed by atoms with E-state index in [4.69, 9.17) is 4.74 Å². The van der Waals surface area contributed by atoms with Gasteiger partial charge in [0, 0.05) is 0 Å². The molecule has 0 radical (unpaired) electrons. The number of halogens is 1. The first-order chi connectivity index (χ1) is 10.6. The minimum Gasteiger partial charge on any atom is -0.475 e. The lowest BCUT2D eigenvalue weighted by molar-refractivity contribution is 0.165. The van der Waals surface area contributed by atoms with Gasteiger partial charge >= 0.3 is 0 Å². The Hall–Kier alpha value is -2.22. The summed E-state index contributed by atoms with van der Waals surface area (Å²) in [4.78, 5) is 7.93. The zero-order valence-corrected chi connectivity index (χ0v) is 12.2. The van der Waals surface area contributed by atoms with Gasteiger partial charge in [-0.15, -0.1) is 0 Å². The molecule has 0 saturated heterocycles. The number of aliphatic hydroxyl groups is 1. The van der Waals surface area contributed by atoms with Crippen LogP contribution in [0, 0.1) is 18.7 Å². The van der Waals surface area contributed by atoms with Gasteiger partial charge in [0.25, 0.3) is 5.88 Å². The van der Waals surface area contributed by atoms with Crippen molar-refractivity contribution in [3.63, 3.8) is 0 Å². The molecule has 0 aliphatic heterocycles. The van der Waals surface area contributed by atoms with E-state index in [9.17, 15) is 9.50 Å². The summed E-state index contributed by atoms with van der Waals surface area (Å²) in [5, 5.41) is 19.1. The van der Waals surface area contributed by atoms with Gasteiger partial charge in [0.1, 0.15) is 0 Å². The number of nitrogens with one attached hydrogen (secondary N) is 2. The molecule has 0 bridgehead atoms. The maximum Gasteiger partial charge on any atom is 0.255 e. The number of rotatable bonds is 5. The average molecular weight is 307 g/mol. The second-order valence-corrected chi connectivity index (χ2v) is 5.52. The number of ether oxygens (including phenoxy) is 1. The Morgan fingerprint density at radius 1 is 1.45 bits per heavy atom. The molecule has 2 unspecified atom stereocenters. The highest BCUT2D eigenvalue weighted by molar-refractivity contribution is 5.54. The van der Waals surface area contributed by atoms with Gasteiger partial charge in [-0.05, 0) is 32.1 Å². The van der Waals surface area contributed by atoms with Crippen LogP contribution in [0.25, 0.3) is 0 Å². The third-order valence-corrected chi connectivity index (χ3v) is 3.76. The Labute approximate surface area is 126 Å². The summed E-state index contributed by atoms with van der Waals surface area (Å²) < 4.78 is 19.2. The number of anilines is 2. The van der Waals surface area contributed by atoms with Crippen LogP contribution >= 0.6 is 0 Å². The van der Waals surface area contributed by atoms with Crippen LogP contribution < -0.4 is 10.1 Å². The van der Waals surface area contributed by atoms with E-state index in [1.165, 1.54) is 0 Å². The van der Waals surface area contributed by atoms with E-state index in [1.807, 2.05) is 6.92 Å². The second-order valence-electron chi connectivity index (χ2n) is 5.52. The highest BCUT2D eigenvalue weighted by Crippen LogP contribution is 2.27. The molecule has 1 aliphatic rings. The van der Waals surface area contributed by atoms with Gasteiger partial charge in [0.15, 0.2) is 0 Å². The topological polar surface area (TPSA) is 96.0 Å². The summed E-state index contributed by atoms with van der Waals surface area (Å²) in [5.41, 5.74) is 1.55. The normalized spacial score (nSPS) is 21.0. The molecule has 7 nitrogen and oxygen atoms in total. The fourth-order valence-electron chi connectivity index (χ4n) is 2.51. The van der Waals surface area contributed by atoms with Crippen molar-refractivity contribution in [3.8, 4) is 5.88 Å². The molecule has 2 heterocycles. The maximum absolute atomic E-state index is 13.7. The van der Waals surface area contributed by atoms with E-state index in [0.717, 1.165) is 30.4 Å². The molecule has 1 aliphatic carbocycles. The number of H-pyrrole nitrogens is 1. The number of aromatic amines is 1. The number of hydrogen-bond acceptors (Lipinski definition) is 6. The molecule has 0 spiro atoms. The third kappa shape index (κ3) is 3.33. The van der Waals surface area contributed by atoms with E-state index >= 15 is 0 Å². The van der Waals surface area contributed by atoms with Crippen LogP contribution in [0.5, 0.6) is 5.88 Å². The molecule has 22 heavy (non-hydrogen) atoms. The molecule has 2 atom stereocenters. The molecule has 3 rings (SSSR count). The summed E-state index contributed by atoms with van der Waals surface area (Å²) in [6.45, 7) is 2.19. The molecule has 2 aromatic rings. The third-order valence-electron chi connectivity index (χ3n) is 3.76. The van der Waals surface area contributed by atoms with Crippen LogP contribution in [0.1, 0.15) is 25.0 Å². The van der Waals surface area contributed by atoms with E-state index in [2.05, 4.69) is 25.5 Å². The van der Waals surface area contributed by atoms with Crippen molar-refractivity contribution in [2.24, 2.45) is 5.92 Å². The molecule has 3 N–H and O–H groups in total. The molecule has 1 saturated carbocycles. The SMILES string of the molecule is Cc1[nH]ncc1Nc1ncc(F)c(OCC2CCC(O)C2)n1. The minimum absolute atomic E-state index is 0.0833. The van der Waals surface area contributed by atoms with Crippen LogP contribution in [0.4, 0.5) is 16.0 Å². The van der Waals surface area contributed by atoms with Crippen molar-refractivity contribution < 1.29 is 14.2 Å². The second kappa shape index (κ2) is 6.27. The highest BCUT2D eigenvalue weighted by atomic mass is 19.1. The monoisotopic (exact) mass is 307 g/mol. The molecular formula is C14H18FN5O2. The van der Waals surface area contributed by atoms with E-state index < -0.39 is 5.82 Å². The molecule has 0 aromatic carbocycles. The lowest BCUT2D eigenvalue weighted by atomic mass is 10.1. The van der Waals surface area contributed by atoms with Crippen molar-refractivity contribution in [2.45, 2.75) is 32.3 Å². The van der Waals surface area contributed by atoms with E-state index in [-0.39, 0.29) is 23.9 Å². The van der Waals surface area contributed by atoms with E-state index in [0.29, 0.717) is 13.0 Å². The van der Waals surface area contributed by atoms with Gasteiger partial charge in [-0.1, -0.05) is 0 Å². The van der Waals surface area contributed by atoms with Crippen LogP contribution in [0.15, 0.2) is 12.4 Å². The summed E-state index contributed by atoms with van der Waals surface area (Å²) in [6.07, 6.45) is 4.74. The number of hydrogen-bond donors (Lipinski definition) is 3. The molecule has 8 heteroatoms. The Balaban J connectivity index is 1.66. The number of aryl methyl sites for hydroxylation is 1. The zero-order chi connectivity index (χ0) is 15.5. The zero-order valence-electron chi connectivity index (χ0n) is 12.2. The molecule has 1 fully saturated rings. The van der Waals surface area contributed by atoms with Crippen molar-refractivity contribution in [3.05, 3.63) is 23.9 Å². The number of aromatic nitrogens is 4. The Morgan fingerprint density at radius 3 is 3.00 bits per heavy atom. The highest BCUT2D eigenvalue weighted by Gasteiger charge is 2.24. The van der Waals surface area contributed by atoms with Gasteiger partial charge in [0.2, 0.25) is 11.8 Å². The summed E-state index contributed by atoms with van der Waals surface area (Å²) in [7, 11) is 0. The molecule has 118 valence electrons. The van der Waals surface area contributed by atoms with Crippen molar-refractivity contribution in [1.82, 2.24) is 20.2 Å². The van der Waals surface area contributed by atoms with Gasteiger partial charge < -0.3 is 15.2 Å². The van der Waals surface area contributed by atoms with Crippen molar-refractivity contribution >= 4 is 11.6 Å². The first-order valence-electron chi connectivity index (χ1n) is 7.22. The number of aliphatic hydroxyl groups excluding tert-OH is 1. The van der Waals surface area contributed by atoms with Gasteiger partial charge in [-0.3, -0.25) is 5.10 Å². The van der Waals surface area contributed by atoms with Crippen LogP contribution in [0.3, 0.4) is 0 Å². The summed E-state index contributed by atoms with van der Waals surface area (Å²) >= 11 is 0. The van der Waals surface area contributed by atoms with Gasteiger partial charge in [-0.25, -0.2) is 4.98 Å². The first-order valence-corrected chi connectivity index (χ1v) is 7.22. The fraction of sp³-hybridized carbons (Fsp3) is 0.500. The van der Waals surface area contributed by atoms with Crippen molar-refractivity contribution in [1.29, 1.82) is 0 Å². The predicted octanol–water partition coefficient (Wildman–Crippen LogP) is 1.93. The molecular weight excluding hydrogens is 289 g/mol. The largest absolute Gasteiger partial charge is 0.475 e. The Kier molecular flexibility index (Phi) is 4.19. The quantitative estimate of drug-likeness (QED) is 0.781. The Bertz CT molecular complexity index is 648. The average Bonchev–Trinajstić information content (AvgIpc) is 3.09. The standard InChI is InChI=1S/C14H18FN5O2/c1-8-12(6-17-20-8)18-14-16-5-11(15)13(19-14)22-7-9-2-3-10(21)4-9/h5-6,9-10,21H,2-4,7H2,1H3,(H,17,20)(H,16,18,19). The van der Waals surface area contributed by atoms with Crippen LogP contribution in [-0.4, -0.2) is 38.0 Å². The van der Waals surface area contributed by atoms with E-state index in [1.54, 1.807) is 6.20 Å². The predicted molar refractivity (Wildman–Crippen MR) is 77.4 cm³/mol. The van der Waals surface area contributed by atoms with Crippen LogP contribution in [-0.2, 0) is 0 Å². The van der Waals surface area contributed by atoms with Crippen LogP contribution in [0.2, 0.25) is 0 Å².